The molecule has 1 aromatic heterocycles. The first-order valence-electron chi connectivity index (χ1n) is 8.04. The zero-order valence-electron chi connectivity index (χ0n) is 14.2. The van der Waals surface area contributed by atoms with Crippen molar-refractivity contribution in [3.8, 4) is 11.5 Å². The number of nitrogens with zero attached hydrogens (tertiary/aromatic N) is 1. The van der Waals surface area contributed by atoms with Gasteiger partial charge >= 0.3 is 0 Å². The van der Waals surface area contributed by atoms with Crippen LogP contribution in [0.2, 0.25) is 0 Å². The Kier molecular flexibility index (Phi) is 9.37. The Morgan fingerprint density at radius 2 is 1.85 bits per heavy atom. The standard InChI is InChI=1S/C18H21N3O3.2ClH/c19-17(13-6-10-23-11-7-13)18(22)21-14-2-1-3-16(12-14)24-15-4-8-20-9-5-15;;/h1-5,8-9,12-13,17H,6-7,10-11,19H2,(H,21,22);2*1H. The smallest absolute Gasteiger partial charge is 0.241 e. The average Bonchev–Trinajstić information content (AvgIpc) is 2.63. The number of pyridine rings is 1. The highest BCUT2D eigenvalue weighted by molar-refractivity contribution is 5.95. The number of anilines is 1. The van der Waals surface area contributed by atoms with Crippen molar-refractivity contribution < 1.29 is 14.3 Å². The lowest BCUT2D eigenvalue weighted by Gasteiger charge is -2.26. The van der Waals surface area contributed by atoms with E-state index in [4.69, 9.17) is 15.2 Å². The second-order valence-corrected chi connectivity index (χ2v) is 5.78. The summed E-state index contributed by atoms with van der Waals surface area (Å²) >= 11 is 0. The summed E-state index contributed by atoms with van der Waals surface area (Å²) in [5, 5.41) is 2.87. The topological polar surface area (TPSA) is 86.5 Å². The molecule has 8 heteroatoms. The van der Waals surface area contributed by atoms with Gasteiger partial charge in [0.1, 0.15) is 11.5 Å². The first kappa shape index (κ1) is 22.2. The number of halogens is 2. The molecule has 0 spiro atoms. The van der Waals surface area contributed by atoms with Crippen LogP contribution in [0.1, 0.15) is 12.8 Å². The zero-order chi connectivity index (χ0) is 16.8. The highest BCUT2D eigenvalue weighted by Gasteiger charge is 2.26. The molecule has 1 amide bonds. The summed E-state index contributed by atoms with van der Waals surface area (Å²) in [6, 6.07) is 10.3. The first-order valence-corrected chi connectivity index (χ1v) is 8.04. The summed E-state index contributed by atoms with van der Waals surface area (Å²) in [7, 11) is 0. The predicted octanol–water partition coefficient (Wildman–Crippen LogP) is 3.41. The van der Waals surface area contributed by atoms with Crippen LogP contribution in [0.5, 0.6) is 11.5 Å². The van der Waals surface area contributed by atoms with E-state index in [1.807, 2.05) is 18.2 Å². The number of carbonyl (C=O) groups excluding carboxylic acids is 1. The third-order valence-electron chi connectivity index (χ3n) is 4.06. The monoisotopic (exact) mass is 399 g/mol. The van der Waals surface area contributed by atoms with Gasteiger partial charge in [0.15, 0.2) is 0 Å². The Morgan fingerprint density at radius 3 is 2.54 bits per heavy atom. The van der Waals surface area contributed by atoms with E-state index in [1.54, 1.807) is 30.6 Å². The van der Waals surface area contributed by atoms with Crippen LogP contribution >= 0.6 is 24.8 Å². The number of hydrogen-bond acceptors (Lipinski definition) is 5. The molecular formula is C18H23Cl2N3O3. The molecule has 2 aromatic rings. The minimum atomic E-state index is -0.529. The molecule has 1 aromatic carbocycles. The lowest BCUT2D eigenvalue weighted by Crippen LogP contribution is -2.43. The van der Waals surface area contributed by atoms with Gasteiger partial charge in [-0.2, -0.15) is 0 Å². The van der Waals surface area contributed by atoms with Gasteiger partial charge in [0.2, 0.25) is 5.91 Å². The van der Waals surface area contributed by atoms with Crippen molar-refractivity contribution >= 4 is 36.4 Å². The van der Waals surface area contributed by atoms with Crippen molar-refractivity contribution in [1.29, 1.82) is 0 Å². The van der Waals surface area contributed by atoms with Gasteiger partial charge in [-0.15, -0.1) is 24.8 Å². The van der Waals surface area contributed by atoms with E-state index in [0.717, 1.165) is 12.8 Å². The summed E-state index contributed by atoms with van der Waals surface area (Å²) in [6.45, 7) is 1.34. The largest absolute Gasteiger partial charge is 0.457 e. The van der Waals surface area contributed by atoms with Crippen LogP contribution in [0.15, 0.2) is 48.8 Å². The molecule has 1 aliphatic rings. The van der Waals surface area contributed by atoms with E-state index < -0.39 is 6.04 Å². The van der Waals surface area contributed by atoms with Gasteiger partial charge in [-0.3, -0.25) is 9.78 Å². The number of rotatable bonds is 5. The number of ether oxygens (including phenoxy) is 2. The minimum absolute atomic E-state index is 0. The lowest BCUT2D eigenvalue weighted by molar-refractivity contribution is -0.119. The van der Waals surface area contributed by atoms with E-state index in [-0.39, 0.29) is 36.6 Å². The quantitative estimate of drug-likeness (QED) is 0.804. The Morgan fingerprint density at radius 1 is 1.15 bits per heavy atom. The molecule has 6 nitrogen and oxygen atoms in total. The van der Waals surface area contributed by atoms with Crippen LogP contribution in [-0.2, 0) is 9.53 Å². The molecule has 0 radical (unpaired) electrons. The highest BCUT2D eigenvalue weighted by atomic mass is 35.5. The van der Waals surface area contributed by atoms with Crippen molar-refractivity contribution in [1.82, 2.24) is 4.98 Å². The first-order chi connectivity index (χ1) is 11.7. The van der Waals surface area contributed by atoms with Crippen molar-refractivity contribution in [2.24, 2.45) is 11.7 Å². The molecule has 1 saturated heterocycles. The van der Waals surface area contributed by atoms with Gasteiger partial charge in [-0.05, 0) is 43.0 Å². The van der Waals surface area contributed by atoms with E-state index >= 15 is 0 Å². The van der Waals surface area contributed by atoms with E-state index in [0.29, 0.717) is 30.4 Å². The van der Waals surface area contributed by atoms with Crippen LogP contribution < -0.4 is 15.8 Å². The summed E-state index contributed by atoms with van der Waals surface area (Å²) in [4.78, 5) is 16.3. The Labute approximate surface area is 165 Å². The second kappa shape index (κ2) is 11.0. The van der Waals surface area contributed by atoms with E-state index in [9.17, 15) is 4.79 Å². The molecule has 0 bridgehead atoms. The number of benzene rings is 1. The van der Waals surface area contributed by atoms with Gasteiger partial charge in [0, 0.05) is 37.4 Å². The third-order valence-corrected chi connectivity index (χ3v) is 4.06. The normalized spacial score (nSPS) is 15.1. The maximum absolute atomic E-state index is 12.4. The van der Waals surface area contributed by atoms with Crippen LogP contribution in [-0.4, -0.2) is 30.1 Å². The molecule has 1 unspecified atom stereocenters. The van der Waals surface area contributed by atoms with Gasteiger partial charge in [0.25, 0.3) is 0 Å². The van der Waals surface area contributed by atoms with Crippen LogP contribution in [0.4, 0.5) is 5.69 Å². The van der Waals surface area contributed by atoms with Crippen molar-refractivity contribution in [2.75, 3.05) is 18.5 Å². The van der Waals surface area contributed by atoms with Crippen molar-refractivity contribution in [3.05, 3.63) is 48.8 Å². The number of carbonyl (C=O) groups is 1. The lowest BCUT2D eigenvalue weighted by atomic mass is 9.92. The fourth-order valence-corrected chi connectivity index (χ4v) is 2.69. The predicted molar refractivity (Wildman–Crippen MR) is 105 cm³/mol. The molecule has 1 aliphatic heterocycles. The summed E-state index contributed by atoms with van der Waals surface area (Å²) in [5.41, 5.74) is 6.76. The Balaban J connectivity index is 0.00000169. The number of nitrogens with two attached hydrogens (primary N) is 1. The third kappa shape index (κ3) is 6.14. The molecule has 1 atom stereocenters. The number of amides is 1. The van der Waals surface area contributed by atoms with Crippen LogP contribution in [0.3, 0.4) is 0 Å². The zero-order valence-corrected chi connectivity index (χ0v) is 15.8. The molecule has 3 rings (SSSR count). The molecule has 3 N–H and O–H groups in total. The van der Waals surface area contributed by atoms with Crippen molar-refractivity contribution in [3.63, 3.8) is 0 Å². The minimum Gasteiger partial charge on any atom is -0.457 e. The Hall–Kier alpha value is -1.86. The maximum Gasteiger partial charge on any atom is 0.241 e. The number of hydrogen-bond donors (Lipinski definition) is 2. The number of nitrogens with one attached hydrogen (secondary N) is 1. The molecule has 142 valence electrons. The van der Waals surface area contributed by atoms with Gasteiger partial charge in [0.05, 0.1) is 6.04 Å². The van der Waals surface area contributed by atoms with E-state index in [1.165, 1.54) is 0 Å². The Bertz CT molecular complexity index is 682. The molecule has 0 saturated carbocycles. The highest BCUT2D eigenvalue weighted by Crippen LogP contribution is 2.24. The summed E-state index contributed by atoms with van der Waals surface area (Å²) in [6.07, 6.45) is 4.96. The van der Waals surface area contributed by atoms with E-state index in [2.05, 4.69) is 10.3 Å². The van der Waals surface area contributed by atoms with Crippen LogP contribution in [0, 0.1) is 5.92 Å². The average molecular weight is 400 g/mol. The fraction of sp³-hybridized carbons (Fsp3) is 0.333. The SMILES string of the molecule is Cl.Cl.NC(C(=O)Nc1cccc(Oc2ccncc2)c1)C1CCOCC1. The summed E-state index contributed by atoms with van der Waals surface area (Å²) < 4.78 is 11.1. The maximum atomic E-state index is 12.4. The summed E-state index contributed by atoms with van der Waals surface area (Å²) in [5.74, 6) is 1.31. The van der Waals surface area contributed by atoms with Crippen molar-refractivity contribution in [2.45, 2.75) is 18.9 Å². The van der Waals surface area contributed by atoms with Gasteiger partial charge in [-0.25, -0.2) is 0 Å². The van der Waals surface area contributed by atoms with Gasteiger partial charge in [-0.1, -0.05) is 6.07 Å². The molecule has 26 heavy (non-hydrogen) atoms. The second-order valence-electron chi connectivity index (χ2n) is 5.78. The molecule has 1 fully saturated rings. The number of aromatic nitrogens is 1. The van der Waals surface area contributed by atoms with Gasteiger partial charge < -0.3 is 20.5 Å². The molecule has 2 heterocycles. The molecule has 0 aliphatic carbocycles. The van der Waals surface area contributed by atoms with Crippen LogP contribution in [0.25, 0.3) is 0 Å². The molecular weight excluding hydrogens is 377 g/mol. The fourth-order valence-electron chi connectivity index (χ4n) is 2.69.